The summed E-state index contributed by atoms with van der Waals surface area (Å²) in [6.07, 6.45) is 4.51. The number of carbonyl (C=O) groups is 2. The first-order valence-corrected chi connectivity index (χ1v) is 12.3. The lowest BCUT2D eigenvalue weighted by atomic mass is 9.95. The lowest BCUT2D eigenvalue weighted by molar-refractivity contribution is -0.140. The fourth-order valence-electron chi connectivity index (χ4n) is 5.21. The Kier molecular flexibility index (Phi) is 7.50. The van der Waals surface area contributed by atoms with E-state index in [1.165, 1.54) is 6.07 Å². The zero-order valence-corrected chi connectivity index (χ0v) is 20.2. The molecule has 1 aliphatic carbocycles. The van der Waals surface area contributed by atoms with Gasteiger partial charge >= 0.3 is 0 Å². The van der Waals surface area contributed by atoms with E-state index in [-0.39, 0.29) is 30.0 Å². The van der Waals surface area contributed by atoms with Gasteiger partial charge < -0.3 is 4.90 Å². The number of Topliss-reactive ketones (excluding diaryl/α,β-unsaturated/α-hetero) is 1. The average molecular weight is 471 g/mol. The Balaban J connectivity index is 1.42. The fraction of sp³-hybridized carbons (Fsp3) is 0.481. The van der Waals surface area contributed by atoms with Crippen molar-refractivity contribution < 1.29 is 14.0 Å². The molecule has 0 radical (unpaired) electrons. The van der Waals surface area contributed by atoms with Crippen LogP contribution in [0.3, 0.4) is 0 Å². The number of hydrogen-bond acceptors (Lipinski definition) is 3. The maximum Gasteiger partial charge on any atom is 0.226 e. The third-order valence-corrected chi connectivity index (χ3v) is 7.45. The summed E-state index contributed by atoms with van der Waals surface area (Å²) in [6.45, 7) is 6.94. The van der Waals surface area contributed by atoms with Gasteiger partial charge in [-0.05, 0) is 79.8 Å². The third kappa shape index (κ3) is 5.64. The van der Waals surface area contributed by atoms with Crippen LogP contribution in [-0.2, 0) is 17.8 Å². The quantitative estimate of drug-likeness (QED) is 0.528. The minimum Gasteiger partial charge on any atom is -0.337 e. The summed E-state index contributed by atoms with van der Waals surface area (Å²) in [7, 11) is 0. The van der Waals surface area contributed by atoms with Crippen molar-refractivity contribution in [3.8, 4) is 0 Å². The zero-order chi connectivity index (χ0) is 23.5. The van der Waals surface area contributed by atoms with E-state index < -0.39 is 0 Å². The highest BCUT2D eigenvalue weighted by Gasteiger charge is 2.33. The first kappa shape index (κ1) is 23.9. The standard InChI is InChI=1S/C27H32ClFN2O2/c1-18-16-30(11-12-31(18)27(33)21-5-3-4-6-21)17-23-14-25(29)13-22(19(23)2)15-26(32)20-7-9-24(28)10-8-20/h7-10,13-14,18,21H,3-6,11-12,15-17H2,1-2H3/t18-/m0/s1. The summed E-state index contributed by atoms with van der Waals surface area (Å²) < 4.78 is 14.5. The van der Waals surface area contributed by atoms with E-state index in [1.54, 1.807) is 30.3 Å². The number of benzene rings is 2. The normalized spacial score (nSPS) is 19.8. The van der Waals surface area contributed by atoms with Crippen LogP contribution in [0.15, 0.2) is 36.4 Å². The van der Waals surface area contributed by atoms with Crippen LogP contribution in [-0.4, -0.2) is 47.2 Å². The minimum atomic E-state index is -0.322. The van der Waals surface area contributed by atoms with Crippen LogP contribution in [0.25, 0.3) is 0 Å². The maximum atomic E-state index is 14.5. The minimum absolute atomic E-state index is 0.0565. The highest BCUT2D eigenvalue weighted by atomic mass is 35.5. The summed E-state index contributed by atoms with van der Waals surface area (Å²) >= 11 is 5.92. The predicted molar refractivity (Wildman–Crippen MR) is 129 cm³/mol. The fourth-order valence-corrected chi connectivity index (χ4v) is 5.33. The molecule has 1 atom stereocenters. The summed E-state index contributed by atoms with van der Waals surface area (Å²) in [5.74, 6) is 0.131. The monoisotopic (exact) mass is 470 g/mol. The molecule has 1 aliphatic heterocycles. The molecule has 2 aromatic rings. The van der Waals surface area contributed by atoms with E-state index >= 15 is 0 Å². The number of carbonyl (C=O) groups excluding carboxylic acids is 2. The van der Waals surface area contributed by atoms with Crippen molar-refractivity contribution in [2.75, 3.05) is 19.6 Å². The van der Waals surface area contributed by atoms with Gasteiger partial charge in [0, 0.05) is 55.1 Å². The topological polar surface area (TPSA) is 40.6 Å². The predicted octanol–water partition coefficient (Wildman–Crippen LogP) is 5.44. The van der Waals surface area contributed by atoms with Crippen LogP contribution in [0, 0.1) is 18.7 Å². The van der Waals surface area contributed by atoms with Gasteiger partial charge in [-0.25, -0.2) is 4.39 Å². The van der Waals surface area contributed by atoms with Crippen LogP contribution in [0.1, 0.15) is 59.7 Å². The van der Waals surface area contributed by atoms with E-state index in [1.807, 2.05) is 11.8 Å². The Labute approximate surface area is 200 Å². The van der Waals surface area contributed by atoms with Gasteiger partial charge in [-0.2, -0.15) is 0 Å². The maximum absolute atomic E-state index is 14.5. The van der Waals surface area contributed by atoms with Crippen molar-refractivity contribution in [1.29, 1.82) is 0 Å². The number of amides is 1. The lowest BCUT2D eigenvalue weighted by Gasteiger charge is -2.41. The van der Waals surface area contributed by atoms with Crippen molar-refractivity contribution in [2.24, 2.45) is 5.92 Å². The second-order valence-electron chi connectivity index (χ2n) is 9.55. The molecule has 1 amide bonds. The molecule has 0 aromatic heterocycles. The van der Waals surface area contributed by atoms with Crippen LogP contribution in [0.2, 0.25) is 5.02 Å². The average Bonchev–Trinajstić information content (AvgIpc) is 3.32. The molecule has 4 rings (SSSR count). The van der Waals surface area contributed by atoms with Gasteiger partial charge in [0.05, 0.1) is 0 Å². The Morgan fingerprint density at radius 1 is 1.06 bits per heavy atom. The first-order valence-electron chi connectivity index (χ1n) is 11.9. The molecule has 2 fully saturated rings. The van der Waals surface area contributed by atoms with Gasteiger partial charge in [0.2, 0.25) is 5.91 Å². The van der Waals surface area contributed by atoms with Crippen molar-refractivity contribution in [3.63, 3.8) is 0 Å². The summed E-state index contributed by atoms with van der Waals surface area (Å²) in [6, 6.07) is 9.97. The van der Waals surface area contributed by atoms with Crippen molar-refractivity contribution in [2.45, 2.75) is 58.5 Å². The van der Waals surface area contributed by atoms with Crippen molar-refractivity contribution in [3.05, 3.63) is 69.5 Å². The molecular formula is C27H32ClFN2O2. The molecule has 1 heterocycles. The molecular weight excluding hydrogens is 439 g/mol. The first-order chi connectivity index (χ1) is 15.8. The lowest BCUT2D eigenvalue weighted by Crippen LogP contribution is -2.54. The van der Waals surface area contributed by atoms with Crippen molar-refractivity contribution >= 4 is 23.3 Å². The second kappa shape index (κ2) is 10.4. The molecule has 0 unspecified atom stereocenters. The Bertz CT molecular complexity index is 1020. The smallest absolute Gasteiger partial charge is 0.226 e. The second-order valence-corrected chi connectivity index (χ2v) is 9.99. The number of ketones is 1. The highest BCUT2D eigenvalue weighted by molar-refractivity contribution is 6.30. The largest absolute Gasteiger partial charge is 0.337 e. The molecule has 2 aliphatic rings. The van der Waals surface area contributed by atoms with Crippen LogP contribution < -0.4 is 0 Å². The number of nitrogens with zero attached hydrogens (tertiary/aromatic N) is 2. The molecule has 4 nitrogen and oxygen atoms in total. The molecule has 0 bridgehead atoms. The molecule has 0 spiro atoms. The van der Waals surface area contributed by atoms with Crippen molar-refractivity contribution in [1.82, 2.24) is 9.80 Å². The zero-order valence-electron chi connectivity index (χ0n) is 19.4. The van der Waals surface area contributed by atoms with E-state index in [9.17, 15) is 14.0 Å². The van der Waals surface area contributed by atoms with Crippen LogP contribution in [0.4, 0.5) is 4.39 Å². The molecule has 6 heteroatoms. The van der Waals surface area contributed by atoms with Gasteiger partial charge in [-0.3, -0.25) is 14.5 Å². The third-order valence-electron chi connectivity index (χ3n) is 7.20. The van der Waals surface area contributed by atoms with E-state index in [0.29, 0.717) is 35.1 Å². The van der Waals surface area contributed by atoms with E-state index in [4.69, 9.17) is 11.6 Å². The number of hydrogen-bond donors (Lipinski definition) is 0. The van der Waals surface area contributed by atoms with Gasteiger partial charge in [0.25, 0.3) is 0 Å². The number of halogens is 2. The summed E-state index contributed by atoms with van der Waals surface area (Å²) in [5, 5.41) is 0.579. The molecule has 1 saturated heterocycles. The Morgan fingerprint density at radius 3 is 2.39 bits per heavy atom. The van der Waals surface area contributed by atoms with Crippen LogP contribution >= 0.6 is 11.6 Å². The molecule has 0 N–H and O–H groups in total. The number of rotatable bonds is 6. The van der Waals surface area contributed by atoms with Crippen LogP contribution in [0.5, 0.6) is 0 Å². The molecule has 33 heavy (non-hydrogen) atoms. The van der Waals surface area contributed by atoms with Gasteiger partial charge in [0.1, 0.15) is 5.82 Å². The summed E-state index contributed by atoms with van der Waals surface area (Å²) in [5.41, 5.74) is 3.14. The Morgan fingerprint density at radius 2 is 1.73 bits per heavy atom. The van der Waals surface area contributed by atoms with Gasteiger partial charge in [0.15, 0.2) is 5.78 Å². The van der Waals surface area contributed by atoms with Gasteiger partial charge in [-0.15, -0.1) is 0 Å². The Hall–Kier alpha value is -2.24. The molecule has 176 valence electrons. The van der Waals surface area contributed by atoms with E-state index in [0.717, 1.165) is 49.9 Å². The number of piperazine rings is 1. The van der Waals surface area contributed by atoms with E-state index in [2.05, 4.69) is 11.8 Å². The SMILES string of the molecule is Cc1c(CC(=O)c2ccc(Cl)cc2)cc(F)cc1CN1CCN(C(=O)C2CCCC2)[C@@H](C)C1. The molecule has 2 aromatic carbocycles. The molecule has 1 saturated carbocycles. The van der Waals surface area contributed by atoms with Gasteiger partial charge in [-0.1, -0.05) is 24.4 Å². The highest BCUT2D eigenvalue weighted by Crippen LogP contribution is 2.28. The summed E-state index contributed by atoms with van der Waals surface area (Å²) in [4.78, 5) is 29.9.